The number of thioether (sulfide) groups is 1. The summed E-state index contributed by atoms with van der Waals surface area (Å²) in [5.41, 5.74) is 1.62. The molecule has 0 bridgehead atoms. The van der Waals surface area contributed by atoms with Crippen LogP contribution in [0.2, 0.25) is 0 Å². The average molecular weight is 447 g/mol. The van der Waals surface area contributed by atoms with E-state index in [9.17, 15) is 18.0 Å². The second-order valence-electron chi connectivity index (χ2n) is 7.31. The molecule has 8 heteroatoms. The molecular formula is C22H26N2O4S2. The van der Waals surface area contributed by atoms with Gasteiger partial charge in [0.05, 0.1) is 10.9 Å². The summed E-state index contributed by atoms with van der Waals surface area (Å²) in [4.78, 5) is 25.1. The largest absolute Gasteiger partial charge is 0.349 e. The molecule has 0 aromatic heterocycles. The van der Waals surface area contributed by atoms with Gasteiger partial charge in [0.15, 0.2) is 5.78 Å². The zero-order valence-corrected chi connectivity index (χ0v) is 18.8. The first-order valence-corrected chi connectivity index (χ1v) is 12.3. The van der Waals surface area contributed by atoms with Gasteiger partial charge in [-0.2, -0.15) is 0 Å². The van der Waals surface area contributed by atoms with E-state index in [0.717, 1.165) is 17.7 Å². The molecule has 0 radical (unpaired) electrons. The van der Waals surface area contributed by atoms with Gasteiger partial charge in [-0.05, 0) is 43.5 Å². The van der Waals surface area contributed by atoms with E-state index in [2.05, 4.69) is 11.4 Å². The first-order chi connectivity index (χ1) is 14.3. The minimum absolute atomic E-state index is 0.0104. The molecule has 1 aliphatic heterocycles. The van der Waals surface area contributed by atoms with Gasteiger partial charge in [-0.15, -0.1) is 11.8 Å². The van der Waals surface area contributed by atoms with Gasteiger partial charge < -0.3 is 5.32 Å². The fourth-order valence-corrected chi connectivity index (χ4v) is 5.72. The van der Waals surface area contributed by atoms with E-state index < -0.39 is 10.0 Å². The van der Waals surface area contributed by atoms with Crippen molar-refractivity contribution in [1.29, 1.82) is 0 Å². The van der Waals surface area contributed by atoms with Crippen molar-refractivity contribution in [1.82, 2.24) is 9.62 Å². The number of hydrogen-bond acceptors (Lipinski definition) is 5. The molecule has 1 atom stereocenters. The fourth-order valence-electron chi connectivity index (χ4n) is 3.38. The van der Waals surface area contributed by atoms with Crippen molar-refractivity contribution in [2.24, 2.45) is 0 Å². The lowest BCUT2D eigenvalue weighted by atomic mass is 10.0. The number of carbonyl (C=O) groups excluding carboxylic acids is 2. The molecule has 0 aliphatic carbocycles. The molecular weight excluding hydrogens is 420 g/mol. The highest BCUT2D eigenvalue weighted by Crippen LogP contribution is 2.35. The van der Waals surface area contributed by atoms with Crippen molar-refractivity contribution in [2.45, 2.75) is 42.0 Å². The number of amides is 1. The maximum atomic E-state index is 12.7. The smallest absolute Gasteiger partial charge is 0.242 e. The molecule has 0 spiro atoms. The van der Waals surface area contributed by atoms with Gasteiger partial charge in [-0.3, -0.25) is 9.59 Å². The summed E-state index contributed by atoms with van der Waals surface area (Å²) in [5, 5.41) is 3.08. The number of carbonyl (C=O) groups is 2. The summed E-state index contributed by atoms with van der Waals surface area (Å²) in [6, 6.07) is 14.0. The van der Waals surface area contributed by atoms with Crippen LogP contribution in [-0.4, -0.2) is 43.8 Å². The van der Waals surface area contributed by atoms with Crippen LogP contribution in [0.25, 0.3) is 0 Å². The van der Waals surface area contributed by atoms with Crippen LogP contribution < -0.4 is 5.32 Å². The predicted octanol–water partition coefficient (Wildman–Crippen LogP) is 3.64. The molecule has 3 rings (SSSR count). The van der Waals surface area contributed by atoms with E-state index in [4.69, 9.17) is 0 Å². The quantitative estimate of drug-likeness (QED) is 0.626. The summed E-state index contributed by atoms with van der Waals surface area (Å²) in [6.07, 6.45) is 1.57. The van der Waals surface area contributed by atoms with E-state index in [-0.39, 0.29) is 35.6 Å². The zero-order valence-electron chi connectivity index (χ0n) is 17.1. The molecule has 1 N–H and O–H groups in total. The Morgan fingerprint density at radius 3 is 2.53 bits per heavy atom. The minimum Gasteiger partial charge on any atom is -0.349 e. The van der Waals surface area contributed by atoms with Crippen molar-refractivity contribution in [2.75, 3.05) is 19.3 Å². The Morgan fingerprint density at radius 1 is 1.13 bits per heavy atom. The monoisotopic (exact) mass is 446 g/mol. The predicted molar refractivity (Wildman–Crippen MR) is 118 cm³/mol. The normalized spacial score (nSPS) is 16.2. The van der Waals surface area contributed by atoms with E-state index in [1.54, 1.807) is 11.8 Å². The number of nitrogens with zero attached hydrogens (tertiary/aromatic N) is 1. The van der Waals surface area contributed by atoms with Gasteiger partial charge in [0, 0.05) is 36.2 Å². The average Bonchev–Trinajstić information content (AvgIpc) is 2.74. The van der Waals surface area contributed by atoms with Crippen LogP contribution in [0, 0.1) is 0 Å². The van der Waals surface area contributed by atoms with Gasteiger partial charge in [-0.1, -0.05) is 30.3 Å². The van der Waals surface area contributed by atoms with Gasteiger partial charge >= 0.3 is 0 Å². The van der Waals surface area contributed by atoms with Crippen molar-refractivity contribution >= 4 is 33.5 Å². The van der Waals surface area contributed by atoms with E-state index in [0.29, 0.717) is 12.0 Å². The molecule has 30 heavy (non-hydrogen) atoms. The third-order valence-corrected chi connectivity index (χ3v) is 8.13. The Balaban J connectivity index is 1.52. The Hall–Kier alpha value is -2.16. The molecule has 160 valence electrons. The first kappa shape index (κ1) is 22.5. The molecule has 2 aromatic carbocycles. The molecule has 1 heterocycles. The summed E-state index contributed by atoms with van der Waals surface area (Å²) in [6.45, 7) is 1.67. The van der Waals surface area contributed by atoms with Crippen molar-refractivity contribution in [3.63, 3.8) is 0 Å². The molecule has 6 nitrogen and oxygen atoms in total. The Morgan fingerprint density at radius 2 is 1.83 bits per heavy atom. The lowest BCUT2D eigenvalue weighted by Crippen LogP contribution is -2.32. The zero-order chi connectivity index (χ0) is 21.7. The van der Waals surface area contributed by atoms with E-state index in [1.807, 2.05) is 18.2 Å². The van der Waals surface area contributed by atoms with Crippen LogP contribution in [0.3, 0.4) is 0 Å². The standard InChI is InChI=1S/C22H26N2O4S2/c1-16(25)17-9-11-18(12-10-17)30(27,28)24(2)14-5-8-22(26)23-20-13-15-29-21-7-4-3-6-19(20)21/h3-4,6-7,9-12,20H,5,8,13-15H2,1-2H3,(H,23,26). The fraction of sp³-hybridized carbons (Fsp3) is 0.364. The summed E-state index contributed by atoms with van der Waals surface area (Å²) in [7, 11) is -2.16. The highest BCUT2D eigenvalue weighted by Gasteiger charge is 2.23. The number of Topliss-reactive ketones (excluding diaryl/α,β-unsaturated/α-hetero) is 1. The van der Waals surface area contributed by atoms with Crippen molar-refractivity contribution < 1.29 is 18.0 Å². The number of hydrogen-bond donors (Lipinski definition) is 1. The molecule has 0 saturated heterocycles. The third-order valence-electron chi connectivity index (χ3n) is 5.14. The van der Waals surface area contributed by atoms with Crippen molar-refractivity contribution in [3.8, 4) is 0 Å². The van der Waals surface area contributed by atoms with E-state index >= 15 is 0 Å². The Kier molecular flexibility index (Phi) is 7.33. The summed E-state index contributed by atoms with van der Waals surface area (Å²) in [5.74, 6) is 0.779. The summed E-state index contributed by atoms with van der Waals surface area (Å²) >= 11 is 1.80. The topological polar surface area (TPSA) is 83.6 Å². The second-order valence-corrected chi connectivity index (χ2v) is 10.5. The lowest BCUT2D eigenvalue weighted by molar-refractivity contribution is -0.122. The van der Waals surface area contributed by atoms with Gasteiger partial charge in [0.2, 0.25) is 15.9 Å². The third kappa shape index (κ3) is 5.30. The number of sulfonamides is 1. The summed E-state index contributed by atoms with van der Waals surface area (Å²) < 4.78 is 26.6. The van der Waals surface area contributed by atoms with Crippen LogP contribution >= 0.6 is 11.8 Å². The molecule has 2 aromatic rings. The van der Waals surface area contributed by atoms with Crippen molar-refractivity contribution in [3.05, 3.63) is 59.7 Å². The number of ketones is 1. The number of fused-ring (bicyclic) bond motifs is 1. The van der Waals surface area contributed by atoms with Gasteiger partial charge in [0.1, 0.15) is 0 Å². The van der Waals surface area contributed by atoms with Gasteiger partial charge in [0.25, 0.3) is 0 Å². The molecule has 0 fully saturated rings. The van der Waals surface area contributed by atoms with Gasteiger partial charge in [-0.25, -0.2) is 12.7 Å². The number of rotatable bonds is 8. The Labute approximate surface area is 182 Å². The highest BCUT2D eigenvalue weighted by molar-refractivity contribution is 7.99. The number of benzene rings is 2. The lowest BCUT2D eigenvalue weighted by Gasteiger charge is -2.26. The molecule has 1 amide bonds. The number of nitrogens with one attached hydrogen (secondary N) is 1. The van der Waals surface area contributed by atoms with Crippen LogP contribution in [0.15, 0.2) is 58.3 Å². The van der Waals surface area contributed by atoms with Crippen LogP contribution in [0.5, 0.6) is 0 Å². The molecule has 0 saturated carbocycles. The van der Waals surface area contributed by atoms with Crippen LogP contribution in [0.4, 0.5) is 0 Å². The molecule has 1 unspecified atom stereocenters. The first-order valence-electron chi connectivity index (χ1n) is 9.87. The second kappa shape index (κ2) is 9.76. The SMILES string of the molecule is CC(=O)c1ccc(S(=O)(=O)N(C)CCCC(=O)NC2CCSc3ccccc32)cc1. The molecule has 1 aliphatic rings. The van der Waals surface area contributed by atoms with Crippen LogP contribution in [0.1, 0.15) is 48.1 Å². The Bertz CT molecular complexity index is 1020. The highest BCUT2D eigenvalue weighted by atomic mass is 32.2. The van der Waals surface area contributed by atoms with Crippen LogP contribution in [-0.2, 0) is 14.8 Å². The maximum absolute atomic E-state index is 12.7. The minimum atomic E-state index is -3.66. The maximum Gasteiger partial charge on any atom is 0.242 e. The van der Waals surface area contributed by atoms with E-state index in [1.165, 1.54) is 47.4 Å².